The number of β-lactam (4-membered cyclic amide) rings is 1. The minimum absolute atomic E-state index is 0.0396. The minimum Gasteiger partial charge on any atom is -0.457 e. The topological polar surface area (TPSA) is 90.7 Å². The number of Topliss-reactive ketones (excluding diaryl/α,β-unsaturated/α-hetero) is 1. The van der Waals surface area contributed by atoms with E-state index in [1.54, 1.807) is 4.90 Å². The number of hydrogen-bond acceptors (Lipinski definition) is 6. The van der Waals surface area contributed by atoms with Crippen molar-refractivity contribution in [1.82, 2.24) is 14.7 Å². The van der Waals surface area contributed by atoms with Crippen molar-refractivity contribution in [2.24, 2.45) is 5.92 Å². The molecule has 280 valence electrons. The van der Waals surface area contributed by atoms with E-state index in [9.17, 15) is 9.59 Å². The molecule has 0 saturated carbocycles. The van der Waals surface area contributed by atoms with Crippen LogP contribution in [0.25, 0.3) is 0 Å². The van der Waals surface area contributed by atoms with Gasteiger partial charge in [-0.2, -0.15) is 5.10 Å². The van der Waals surface area contributed by atoms with Crippen molar-refractivity contribution in [2.75, 3.05) is 6.61 Å². The van der Waals surface area contributed by atoms with Gasteiger partial charge >= 0.3 is 5.97 Å². The lowest BCUT2D eigenvalue weighted by Crippen LogP contribution is -2.69. The number of hydrogen-bond donors (Lipinski definition) is 0. The fraction of sp³-hybridized carbons (Fsp3) is 0.372. The van der Waals surface area contributed by atoms with Crippen LogP contribution < -0.4 is 15.9 Å². The molecule has 4 aromatic rings. The average molecular weight is 752 g/mol. The number of ketones is 1. The first-order valence-electron chi connectivity index (χ1n) is 18.5. The van der Waals surface area contributed by atoms with Gasteiger partial charge in [-0.15, -0.1) is 0 Å². The normalized spacial score (nSPS) is 16.8. The highest BCUT2D eigenvalue weighted by Crippen LogP contribution is 2.50. The molecular formula is C43H54N3O5PSi. The highest BCUT2D eigenvalue weighted by Gasteiger charge is 2.57. The monoisotopic (exact) mass is 751 g/mol. The van der Waals surface area contributed by atoms with Crippen LogP contribution in [0.1, 0.15) is 64.1 Å². The first kappa shape index (κ1) is 39.9. The van der Waals surface area contributed by atoms with Gasteiger partial charge in [0, 0.05) is 25.5 Å². The maximum Gasteiger partial charge on any atom is 0.356 e. The molecule has 1 saturated heterocycles. The molecule has 0 N–H and O–H groups in total. The number of nitrogens with zero attached hydrogens (tertiary/aromatic N) is 3. The highest BCUT2D eigenvalue weighted by atomic mass is 31.2. The third kappa shape index (κ3) is 7.70. The quantitative estimate of drug-likeness (QED) is 0.0321. The van der Waals surface area contributed by atoms with E-state index in [4.69, 9.17) is 9.16 Å². The number of benzene rings is 3. The molecule has 0 unspecified atom stereocenters. The molecule has 0 bridgehead atoms. The lowest BCUT2D eigenvalue weighted by Gasteiger charge is -2.52. The van der Waals surface area contributed by atoms with Crippen molar-refractivity contribution in [3.8, 4) is 0 Å². The largest absolute Gasteiger partial charge is 0.457 e. The third-order valence-corrected chi connectivity index (χ3v) is 19.6. The summed E-state index contributed by atoms with van der Waals surface area (Å²) in [4.78, 5) is 45.9. The van der Waals surface area contributed by atoms with Gasteiger partial charge in [-0.1, -0.05) is 131 Å². The number of aromatic nitrogens is 2. The van der Waals surface area contributed by atoms with Crippen LogP contribution in [0.3, 0.4) is 0 Å². The van der Waals surface area contributed by atoms with Crippen molar-refractivity contribution in [2.45, 2.75) is 91.2 Å². The Balaban J connectivity index is 1.83. The summed E-state index contributed by atoms with van der Waals surface area (Å²) in [5.74, 6) is -1.76. The Bertz CT molecular complexity index is 1860. The van der Waals surface area contributed by atoms with E-state index >= 15 is 4.79 Å². The molecular weight excluding hydrogens is 698 g/mol. The van der Waals surface area contributed by atoms with Gasteiger partial charge in [-0.25, -0.2) is 4.79 Å². The first-order valence-corrected chi connectivity index (χ1v) is 23.2. The Morgan fingerprint density at radius 2 is 1.43 bits per heavy atom. The number of esters is 1. The molecule has 1 fully saturated rings. The van der Waals surface area contributed by atoms with Gasteiger partial charge in [0.15, 0.2) is 14.1 Å². The summed E-state index contributed by atoms with van der Waals surface area (Å²) in [7, 11) is -2.35. The lowest BCUT2D eigenvalue weighted by atomic mass is 9.80. The summed E-state index contributed by atoms with van der Waals surface area (Å²) in [6, 6.07) is 30.8. The Morgan fingerprint density at radius 1 is 0.925 bits per heavy atom. The molecule has 3 atom stereocenters. The Hall–Kier alpha value is -4.30. The van der Waals surface area contributed by atoms with E-state index in [1.165, 1.54) is 6.08 Å². The second kappa shape index (κ2) is 16.4. The van der Waals surface area contributed by atoms with Crippen molar-refractivity contribution in [3.05, 3.63) is 121 Å². The molecule has 1 aliphatic heterocycles. The molecule has 0 spiro atoms. The summed E-state index contributed by atoms with van der Waals surface area (Å²) in [5, 5.41) is 7.19. The maximum absolute atomic E-state index is 15.1. The predicted octanol–water partition coefficient (Wildman–Crippen LogP) is 7.13. The van der Waals surface area contributed by atoms with Crippen LogP contribution >= 0.6 is 6.89 Å². The van der Waals surface area contributed by atoms with Gasteiger partial charge < -0.3 is 14.1 Å². The van der Waals surface area contributed by atoms with Crippen LogP contribution in [0.2, 0.25) is 18.1 Å². The van der Waals surface area contributed by atoms with Crippen molar-refractivity contribution < 1.29 is 23.5 Å². The molecule has 2 heterocycles. The Morgan fingerprint density at radius 3 is 1.85 bits per heavy atom. The summed E-state index contributed by atoms with van der Waals surface area (Å²) < 4.78 is 14.7. The number of ether oxygens (including phenoxy) is 1. The Labute approximate surface area is 316 Å². The number of carbonyl (C=O) groups excluding carboxylic acids is 3. The minimum atomic E-state index is -3.16. The number of carbonyl (C=O) groups is 3. The van der Waals surface area contributed by atoms with Gasteiger partial charge in [0.1, 0.15) is 17.7 Å². The molecule has 53 heavy (non-hydrogen) atoms. The van der Waals surface area contributed by atoms with E-state index in [1.807, 2.05) is 123 Å². The van der Waals surface area contributed by atoms with Gasteiger partial charge in [0.25, 0.3) is 0 Å². The summed E-state index contributed by atoms with van der Waals surface area (Å²) in [5.41, 5.74) is 1.55. The van der Waals surface area contributed by atoms with Crippen LogP contribution in [0.4, 0.5) is 0 Å². The smallest absolute Gasteiger partial charge is 0.356 e. The number of rotatable bonds is 15. The van der Waals surface area contributed by atoms with Crippen LogP contribution in [0.15, 0.2) is 110 Å². The molecule has 3 aromatic carbocycles. The molecule has 8 nitrogen and oxygen atoms in total. The van der Waals surface area contributed by atoms with E-state index < -0.39 is 39.2 Å². The van der Waals surface area contributed by atoms with E-state index in [-0.39, 0.29) is 35.2 Å². The Kier molecular flexibility index (Phi) is 12.3. The zero-order valence-corrected chi connectivity index (χ0v) is 34.3. The van der Waals surface area contributed by atoms with Crippen molar-refractivity contribution in [3.63, 3.8) is 0 Å². The molecule has 1 aliphatic rings. The van der Waals surface area contributed by atoms with Crippen LogP contribution in [-0.2, 0) is 31.7 Å². The van der Waals surface area contributed by atoms with Gasteiger partial charge in [0.2, 0.25) is 5.91 Å². The molecule has 1 aromatic heterocycles. The molecule has 10 heteroatoms. The van der Waals surface area contributed by atoms with Crippen LogP contribution in [0.5, 0.6) is 0 Å². The number of amides is 1. The zero-order valence-electron chi connectivity index (χ0n) is 32.4. The number of aryl methyl sites for hydroxylation is 2. The second-order valence-electron chi connectivity index (χ2n) is 15.1. The average Bonchev–Trinajstić information content (AvgIpc) is 3.58. The molecule has 1 amide bonds. The molecule has 0 radical (unpaired) electrons. The van der Waals surface area contributed by atoms with Crippen LogP contribution in [-0.4, -0.2) is 64.8 Å². The van der Waals surface area contributed by atoms with E-state index in [2.05, 4.69) is 45.5 Å². The first-order chi connectivity index (χ1) is 25.2. The van der Waals surface area contributed by atoms with Gasteiger partial charge in [-0.05, 0) is 60.4 Å². The predicted molar refractivity (Wildman–Crippen MR) is 219 cm³/mol. The van der Waals surface area contributed by atoms with E-state index in [0.717, 1.165) is 28.0 Å². The lowest BCUT2D eigenvalue weighted by molar-refractivity contribution is -0.156. The van der Waals surface area contributed by atoms with Crippen molar-refractivity contribution >= 4 is 54.2 Å². The fourth-order valence-electron chi connectivity index (χ4n) is 7.08. The van der Waals surface area contributed by atoms with Gasteiger partial charge in [0.05, 0.1) is 18.1 Å². The highest BCUT2D eigenvalue weighted by molar-refractivity contribution is 7.96. The standard InChI is InChI=1S/C43H54N3O5PSi/c1-10-28-50-42(49)41(52(33-22-16-13-17-23-33,34-24-18-14-19-25-34)35-26-20-15-21-27-35)46-37(30-38(47)36-29-32(11-2)45(12-3)44-36)39(40(46)48)31(4)51-53(8,9)43(5,6)7/h10,13-27,29,31,37,39H,1,11-12,28,30H2,2-9H3/t31-,37-,39-/m1/s1. The fourth-order valence-corrected chi connectivity index (χ4v) is 12.9. The zero-order chi connectivity index (χ0) is 38.6. The van der Waals surface area contributed by atoms with Crippen LogP contribution in [0, 0.1) is 5.92 Å². The summed E-state index contributed by atoms with van der Waals surface area (Å²) >= 11 is 0. The summed E-state index contributed by atoms with van der Waals surface area (Å²) in [6.07, 6.45) is 1.70. The molecule has 0 aliphatic carbocycles. The van der Waals surface area contributed by atoms with Gasteiger partial charge in [-0.3, -0.25) is 14.3 Å². The third-order valence-electron chi connectivity index (χ3n) is 10.8. The van der Waals surface area contributed by atoms with E-state index in [0.29, 0.717) is 12.2 Å². The molecule has 5 rings (SSSR count). The maximum atomic E-state index is 15.1. The SMILES string of the molecule is C=CCOC(=O)C(N1C(=O)[C@H]([C@@H](C)O[Si](C)(C)C(C)(C)C)[C@H]1CC(=O)c1cc(CC)n(CC)n1)=P(c1ccccc1)(c1ccccc1)c1ccccc1. The van der Waals surface area contributed by atoms with Crippen molar-refractivity contribution in [1.29, 1.82) is 0 Å². The summed E-state index contributed by atoms with van der Waals surface area (Å²) in [6.45, 7) is 18.0. The second-order valence-corrected chi connectivity index (χ2v) is 23.2. The number of likely N-dealkylation sites (tertiary alicyclic amines) is 1.